The molecule has 1 atom stereocenters. The molecule has 22 heavy (non-hydrogen) atoms. The molecule has 2 heterocycles. The third-order valence-corrected chi connectivity index (χ3v) is 3.89. The Bertz CT molecular complexity index is 720. The van der Waals surface area contributed by atoms with E-state index in [0.29, 0.717) is 11.1 Å². The van der Waals surface area contributed by atoms with Crippen molar-refractivity contribution in [2.75, 3.05) is 0 Å². The van der Waals surface area contributed by atoms with Crippen LogP contribution in [-0.2, 0) is 17.9 Å². The van der Waals surface area contributed by atoms with Crippen LogP contribution in [0.1, 0.15) is 22.9 Å². The Morgan fingerprint density at radius 2 is 1.64 bits per heavy atom. The highest BCUT2D eigenvalue weighted by molar-refractivity contribution is 5.76. The SMILES string of the molecule is O=C(N1Cc2cc(F)c(F)cc2C1)N1OC1c1ccccc1. The quantitative estimate of drug-likeness (QED) is 0.757. The first kappa shape index (κ1) is 13.2. The zero-order valence-corrected chi connectivity index (χ0v) is 11.5. The number of halogens is 2. The molecule has 0 aliphatic carbocycles. The van der Waals surface area contributed by atoms with Crippen molar-refractivity contribution in [3.63, 3.8) is 0 Å². The molecule has 2 amide bonds. The molecule has 1 unspecified atom stereocenters. The summed E-state index contributed by atoms with van der Waals surface area (Å²) in [5.41, 5.74) is 2.15. The maximum atomic E-state index is 13.2. The Balaban J connectivity index is 1.48. The minimum absolute atomic E-state index is 0.257. The molecule has 0 bridgehead atoms. The molecule has 0 radical (unpaired) electrons. The van der Waals surface area contributed by atoms with Gasteiger partial charge in [-0.2, -0.15) is 5.06 Å². The van der Waals surface area contributed by atoms with Crippen molar-refractivity contribution in [3.05, 3.63) is 70.8 Å². The molecule has 0 spiro atoms. The van der Waals surface area contributed by atoms with Gasteiger partial charge in [-0.25, -0.2) is 18.4 Å². The Morgan fingerprint density at radius 3 is 2.23 bits per heavy atom. The second-order valence-electron chi connectivity index (χ2n) is 5.37. The number of benzene rings is 2. The highest BCUT2D eigenvalue weighted by atomic mass is 19.2. The van der Waals surface area contributed by atoms with Crippen LogP contribution in [0.15, 0.2) is 42.5 Å². The lowest BCUT2D eigenvalue weighted by Crippen LogP contribution is -2.30. The molecule has 4 nitrogen and oxygen atoms in total. The first-order chi connectivity index (χ1) is 10.6. The number of carbonyl (C=O) groups excluding carboxylic acids is 1. The zero-order chi connectivity index (χ0) is 15.3. The minimum atomic E-state index is -0.891. The first-order valence-corrected chi connectivity index (χ1v) is 6.90. The van der Waals surface area contributed by atoms with Gasteiger partial charge in [0.15, 0.2) is 11.6 Å². The number of fused-ring (bicyclic) bond motifs is 1. The summed E-state index contributed by atoms with van der Waals surface area (Å²) < 4.78 is 26.5. The number of hydrogen-bond donors (Lipinski definition) is 0. The molecule has 2 aliphatic heterocycles. The molecule has 1 fully saturated rings. The van der Waals surface area contributed by atoms with E-state index < -0.39 is 11.6 Å². The van der Waals surface area contributed by atoms with Crippen molar-refractivity contribution in [3.8, 4) is 0 Å². The molecular formula is C16H12F2N2O2. The van der Waals surface area contributed by atoms with Gasteiger partial charge in [-0.15, -0.1) is 0 Å². The highest BCUT2D eigenvalue weighted by Crippen LogP contribution is 2.39. The number of rotatable bonds is 1. The van der Waals surface area contributed by atoms with E-state index in [2.05, 4.69) is 0 Å². The lowest BCUT2D eigenvalue weighted by molar-refractivity contribution is 0.137. The molecule has 1 saturated heterocycles. The molecule has 0 N–H and O–H groups in total. The van der Waals surface area contributed by atoms with Crippen LogP contribution >= 0.6 is 0 Å². The Morgan fingerprint density at radius 1 is 1.05 bits per heavy atom. The van der Waals surface area contributed by atoms with Crippen molar-refractivity contribution in [2.45, 2.75) is 19.3 Å². The standard InChI is InChI=1S/C16H12F2N2O2/c17-13-6-11-8-19(9-12(11)7-14(13)18)16(21)20-15(22-20)10-4-2-1-3-5-10/h1-7,15H,8-9H2. The maximum Gasteiger partial charge on any atom is 0.347 e. The van der Waals surface area contributed by atoms with Gasteiger partial charge in [0.1, 0.15) is 0 Å². The third kappa shape index (κ3) is 2.12. The van der Waals surface area contributed by atoms with Crippen LogP contribution in [-0.4, -0.2) is 16.0 Å². The van der Waals surface area contributed by atoms with E-state index >= 15 is 0 Å². The van der Waals surface area contributed by atoms with Crippen LogP contribution in [0.5, 0.6) is 0 Å². The van der Waals surface area contributed by atoms with Gasteiger partial charge >= 0.3 is 6.03 Å². The van der Waals surface area contributed by atoms with Crippen LogP contribution in [0.4, 0.5) is 13.6 Å². The topological polar surface area (TPSA) is 35.9 Å². The molecule has 0 saturated carbocycles. The van der Waals surface area contributed by atoms with Crippen molar-refractivity contribution in [1.82, 2.24) is 9.96 Å². The van der Waals surface area contributed by atoms with E-state index in [4.69, 9.17) is 4.84 Å². The minimum Gasteiger partial charge on any atom is -0.314 e. The molecule has 6 heteroatoms. The number of amides is 2. The van der Waals surface area contributed by atoms with Crippen molar-refractivity contribution < 1.29 is 18.4 Å². The summed E-state index contributed by atoms with van der Waals surface area (Å²) in [6.45, 7) is 0.513. The smallest absolute Gasteiger partial charge is 0.314 e. The van der Waals surface area contributed by atoms with Gasteiger partial charge in [-0.05, 0) is 23.3 Å². The number of urea groups is 1. The van der Waals surface area contributed by atoms with Gasteiger partial charge in [-0.1, -0.05) is 30.3 Å². The number of hydroxylamine groups is 2. The monoisotopic (exact) mass is 302 g/mol. The zero-order valence-electron chi connectivity index (χ0n) is 11.5. The summed E-state index contributed by atoms with van der Waals surface area (Å²) in [5, 5.41) is 1.27. The van der Waals surface area contributed by atoms with E-state index in [1.165, 1.54) is 9.96 Å². The number of nitrogens with zero attached hydrogens (tertiary/aromatic N) is 2. The third-order valence-electron chi connectivity index (χ3n) is 3.89. The van der Waals surface area contributed by atoms with Crippen molar-refractivity contribution in [2.24, 2.45) is 0 Å². The summed E-state index contributed by atoms with van der Waals surface area (Å²) in [7, 11) is 0. The van der Waals surface area contributed by atoms with E-state index in [1.54, 1.807) is 0 Å². The van der Waals surface area contributed by atoms with Crippen LogP contribution in [0.25, 0.3) is 0 Å². The van der Waals surface area contributed by atoms with E-state index in [1.807, 2.05) is 30.3 Å². The van der Waals surface area contributed by atoms with E-state index in [9.17, 15) is 13.6 Å². The Hall–Kier alpha value is -2.47. The lowest BCUT2D eigenvalue weighted by atomic mass is 10.1. The Labute approximate surface area is 125 Å². The second-order valence-corrected chi connectivity index (χ2v) is 5.37. The molecule has 2 aromatic carbocycles. The fourth-order valence-electron chi connectivity index (χ4n) is 2.71. The van der Waals surface area contributed by atoms with Gasteiger partial charge < -0.3 is 4.90 Å². The largest absolute Gasteiger partial charge is 0.347 e. The molecular weight excluding hydrogens is 290 g/mol. The van der Waals surface area contributed by atoms with Crippen molar-refractivity contribution >= 4 is 6.03 Å². The molecule has 0 aromatic heterocycles. The van der Waals surface area contributed by atoms with Gasteiger partial charge in [-0.3, -0.25) is 0 Å². The van der Waals surface area contributed by atoms with Crippen LogP contribution in [0, 0.1) is 11.6 Å². The fraction of sp³-hybridized carbons (Fsp3) is 0.188. The Kier molecular flexibility index (Phi) is 2.87. The van der Waals surface area contributed by atoms with Gasteiger partial charge in [0.25, 0.3) is 0 Å². The molecule has 4 rings (SSSR count). The second kappa shape index (κ2) is 4.78. The summed E-state index contributed by atoms with van der Waals surface area (Å²) in [6, 6.07) is 11.4. The number of carbonyl (C=O) groups is 1. The predicted octanol–water partition coefficient (Wildman–Crippen LogP) is 3.35. The van der Waals surface area contributed by atoms with Crippen molar-refractivity contribution in [1.29, 1.82) is 0 Å². The van der Waals surface area contributed by atoms with E-state index in [0.717, 1.165) is 17.7 Å². The average Bonchev–Trinajstić information content (AvgIpc) is 3.23. The maximum absolute atomic E-state index is 13.2. The van der Waals surface area contributed by atoms with Crippen LogP contribution in [0.2, 0.25) is 0 Å². The summed E-state index contributed by atoms with van der Waals surface area (Å²) in [5.74, 6) is -1.78. The van der Waals surface area contributed by atoms with Gasteiger partial charge in [0.05, 0.1) is 0 Å². The van der Waals surface area contributed by atoms with Gasteiger partial charge in [0.2, 0.25) is 6.23 Å². The molecule has 2 aromatic rings. The summed E-state index contributed by atoms with van der Waals surface area (Å²) in [6.07, 6.45) is -0.383. The van der Waals surface area contributed by atoms with Gasteiger partial charge in [0, 0.05) is 18.7 Å². The van der Waals surface area contributed by atoms with Crippen LogP contribution < -0.4 is 0 Å². The summed E-state index contributed by atoms with van der Waals surface area (Å²) >= 11 is 0. The van der Waals surface area contributed by atoms with Crippen LogP contribution in [0.3, 0.4) is 0 Å². The highest BCUT2D eigenvalue weighted by Gasteiger charge is 2.45. The lowest BCUT2D eigenvalue weighted by Gasteiger charge is -2.14. The number of hydrogen-bond acceptors (Lipinski definition) is 2. The summed E-state index contributed by atoms with van der Waals surface area (Å²) in [4.78, 5) is 19.2. The fourth-order valence-corrected chi connectivity index (χ4v) is 2.71. The van der Waals surface area contributed by atoms with E-state index in [-0.39, 0.29) is 25.3 Å². The molecule has 112 valence electrons. The normalized spacial score (nSPS) is 19.3. The average molecular weight is 302 g/mol. The first-order valence-electron chi connectivity index (χ1n) is 6.90. The predicted molar refractivity (Wildman–Crippen MR) is 73.1 cm³/mol. The molecule has 2 aliphatic rings.